The van der Waals surface area contributed by atoms with Crippen molar-refractivity contribution in [1.82, 2.24) is 0 Å². The number of aryl methyl sites for hydroxylation is 1. The Morgan fingerprint density at radius 3 is 2.35 bits per heavy atom. The molecule has 2 N–H and O–H groups in total. The highest BCUT2D eigenvalue weighted by Gasteiger charge is 2.21. The molecule has 1 aromatic carbocycles. The number of hydrogen-bond acceptors (Lipinski definition) is 2. The van der Waals surface area contributed by atoms with Gasteiger partial charge in [0.1, 0.15) is 5.75 Å². The molecule has 0 aliphatic carbocycles. The van der Waals surface area contributed by atoms with Gasteiger partial charge >= 0.3 is 0 Å². The maximum Gasteiger partial charge on any atom is 0.267 e. The molecule has 0 aliphatic heterocycles. The summed E-state index contributed by atoms with van der Waals surface area (Å²) in [6, 6.07) is 3.30. The first-order valence-electron chi connectivity index (χ1n) is 5.49. The third-order valence-corrected chi connectivity index (χ3v) is 2.42. The summed E-state index contributed by atoms with van der Waals surface area (Å²) in [5.74, 6) is 0.254. The van der Waals surface area contributed by atoms with Crippen LogP contribution in [0.1, 0.15) is 37.0 Å². The van der Waals surface area contributed by atoms with Crippen LogP contribution >= 0.6 is 0 Å². The van der Waals surface area contributed by atoms with Crippen LogP contribution in [0.5, 0.6) is 5.75 Å². The lowest BCUT2D eigenvalue weighted by Gasteiger charge is -2.22. The summed E-state index contributed by atoms with van der Waals surface area (Å²) in [5.41, 5.74) is 6.93. The number of ether oxygens (including phenoxy) is 1. The van der Waals surface area contributed by atoms with Gasteiger partial charge in [0.15, 0.2) is 0 Å². The molecule has 17 heavy (non-hydrogen) atoms. The fraction of sp³-hybridized carbons (Fsp3) is 0.538. The summed E-state index contributed by atoms with van der Waals surface area (Å²) in [6.07, 6.45) is -2.04. The Morgan fingerprint density at radius 1 is 1.35 bits per heavy atom. The van der Waals surface area contributed by atoms with Crippen molar-refractivity contribution in [3.8, 4) is 5.75 Å². The van der Waals surface area contributed by atoms with E-state index >= 15 is 0 Å². The molecule has 0 bridgehead atoms. The van der Waals surface area contributed by atoms with Crippen molar-refractivity contribution in [3.05, 3.63) is 28.8 Å². The molecule has 0 heterocycles. The van der Waals surface area contributed by atoms with Gasteiger partial charge in [-0.2, -0.15) is 0 Å². The fourth-order valence-electron chi connectivity index (χ4n) is 1.91. The molecular formula is C13H19F2NO. The summed E-state index contributed by atoms with van der Waals surface area (Å²) < 4.78 is 30.9. The highest BCUT2D eigenvalue weighted by atomic mass is 19.3. The van der Waals surface area contributed by atoms with Crippen LogP contribution in [-0.2, 0) is 6.42 Å². The van der Waals surface area contributed by atoms with Gasteiger partial charge in [0, 0.05) is 5.54 Å². The molecule has 1 aromatic rings. The van der Waals surface area contributed by atoms with Crippen molar-refractivity contribution < 1.29 is 13.5 Å². The van der Waals surface area contributed by atoms with E-state index in [9.17, 15) is 8.78 Å². The zero-order valence-corrected chi connectivity index (χ0v) is 10.7. The van der Waals surface area contributed by atoms with Gasteiger partial charge in [0.25, 0.3) is 6.43 Å². The fourth-order valence-corrected chi connectivity index (χ4v) is 1.91. The van der Waals surface area contributed by atoms with E-state index in [-0.39, 0.29) is 11.3 Å². The first kappa shape index (κ1) is 13.9. The minimum atomic E-state index is -2.54. The van der Waals surface area contributed by atoms with Crippen LogP contribution in [0.2, 0.25) is 0 Å². The highest BCUT2D eigenvalue weighted by molar-refractivity contribution is 5.46. The lowest BCUT2D eigenvalue weighted by molar-refractivity contribution is 0.146. The van der Waals surface area contributed by atoms with Crippen molar-refractivity contribution in [2.45, 2.75) is 39.2 Å². The molecule has 0 fully saturated rings. The molecule has 0 unspecified atom stereocenters. The third kappa shape index (κ3) is 3.66. The quantitative estimate of drug-likeness (QED) is 0.881. The predicted octanol–water partition coefficient (Wildman–Crippen LogP) is 3.22. The Kier molecular flexibility index (Phi) is 4.09. The van der Waals surface area contributed by atoms with Crippen molar-refractivity contribution in [2.75, 3.05) is 7.11 Å². The van der Waals surface area contributed by atoms with Crippen molar-refractivity contribution in [2.24, 2.45) is 5.73 Å². The van der Waals surface area contributed by atoms with Gasteiger partial charge in [-0.3, -0.25) is 0 Å². The van der Waals surface area contributed by atoms with Crippen LogP contribution in [0, 0.1) is 6.92 Å². The Bertz CT molecular complexity index is 397. The molecule has 2 nitrogen and oxygen atoms in total. The number of halogens is 2. The van der Waals surface area contributed by atoms with Crippen LogP contribution in [0.4, 0.5) is 8.78 Å². The molecule has 0 saturated heterocycles. The van der Waals surface area contributed by atoms with Crippen LogP contribution in [0.15, 0.2) is 12.1 Å². The van der Waals surface area contributed by atoms with Gasteiger partial charge in [0.05, 0.1) is 12.7 Å². The maximum absolute atomic E-state index is 12.9. The summed E-state index contributed by atoms with van der Waals surface area (Å²) in [7, 11) is 1.41. The van der Waals surface area contributed by atoms with Crippen LogP contribution in [0.3, 0.4) is 0 Å². The highest BCUT2D eigenvalue weighted by Crippen LogP contribution is 2.34. The van der Waals surface area contributed by atoms with E-state index in [0.29, 0.717) is 6.42 Å². The van der Waals surface area contributed by atoms with E-state index in [1.807, 2.05) is 19.9 Å². The van der Waals surface area contributed by atoms with Gasteiger partial charge in [-0.15, -0.1) is 0 Å². The molecule has 0 aliphatic rings. The average molecular weight is 243 g/mol. The first-order valence-corrected chi connectivity index (χ1v) is 5.49. The Morgan fingerprint density at radius 2 is 1.94 bits per heavy atom. The van der Waals surface area contributed by atoms with E-state index in [4.69, 9.17) is 10.5 Å². The largest absolute Gasteiger partial charge is 0.496 e. The standard InChI is InChI=1S/C13H19F2NO/c1-8-5-9(7-13(2,3)16)11(17-4)10(6-8)12(14)15/h5-6,12H,7,16H2,1-4H3. The number of hydrogen-bond donors (Lipinski definition) is 1. The van der Waals surface area contributed by atoms with Crippen molar-refractivity contribution in [3.63, 3.8) is 0 Å². The van der Waals surface area contributed by atoms with Crippen LogP contribution in [-0.4, -0.2) is 12.6 Å². The number of benzene rings is 1. The van der Waals surface area contributed by atoms with E-state index in [1.165, 1.54) is 13.2 Å². The topological polar surface area (TPSA) is 35.2 Å². The molecule has 0 aromatic heterocycles. The zero-order valence-electron chi connectivity index (χ0n) is 10.7. The average Bonchev–Trinajstić information content (AvgIpc) is 2.14. The molecule has 0 atom stereocenters. The van der Waals surface area contributed by atoms with E-state index in [0.717, 1.165) is 11.1 Å². The molecular weight excluding hydrogens is 224 g/mol. The van der Waals surface area contributed by atoms with E-state index in [2.05, 4.69) is 0 Å². The second-order valence-electron chi connectivity index (χ2n) is 5.01. The minimum absolute atomic E-state index is 0.0632. The number of nitrogens with two attached hydrogens (primary N) is 1. The second-order valence-corrected chi connectivity index (χ2v) is 5.01. The zero-order chi connectivity index (χ0) is 13.2. The Hall–Kier alpha value is -1.16. The van der Waals surface area contributed by atoms with Crippen LogP contribution < -0.4 is 10.5 Å². The molecule has 96 valence electrons. The number of methoxy groups -OCH3 is 1. The van der Waals surface area contributed by atoms with Gasteiger partial charge in [-0.05, 0) is 38.8 Å². The number of alkyl halides is 2. The first-order chi connectivity index (χ1) is 7.74. The minimum Gasteiger partial charge on any atom is -0.496 e. The lowest BCUT2D eigenvalue weighted by Crippen LogP contribution is -2.34. The van der Waals surface area contributed by atoms with Gasteiger partial charge in [-0.1, -0.05) is 11.6 Å². The van der Waals surface area contributed by atoms with Gasteiger partial charge < -0.3 is 10.5 Å². The van der Waals surface area contributed by atoms with Gasteiger partial charge in [-0.25, -0.2) is 8.78 Å². The Labute approximate surface area is 101 Å². The molecule has 1 rings (SSSR count). The molecule has 0 saturated carbocycles. The van der Waals surface area contributed by atoms with Crippen molar-refractivity contribution >= 4 is 0 Å². The molecule has 0 amide bonds. The third-order valence-electron chi connectivity index (χ3n) is 2.42. The lowest BCUT2D eigenvalue weighted by atomic mass is 9.93. The monoisotopic (exact) mass is 243 g/mol. The van der Waals surface area contributed by atoms with Crippen molar-refractivity contribution in [1.29, 1.82) is 0 Å². The summed E-state index contributed by atoms with van der Waals surface area (Å²) in [4.78, 5) is 0. The summed E-state index contributed by atoms with van der Waals surface area (Å²) in [6.45, 7) is 5.51. The van der Waals surface area contributed by atoms with E-state index in [1.54, 1.807) is 6.92 Å². The normalized spacial score (nSPS) is 12.0. The van der Waals surface area contributed by atoms with Crippen LogP contribution in [0.25, 0.3) is 0 Å². The number of rotatable bonds is 4. The molecule has 4 heteroatoms. The second kappa shape index (κ2) is 5.00. The maximum atomic E-state index is 12.9. The smallest absolute Gasteiger partial charge is 0.267 e. The Balaban J connectivity index is 3.28. The van der Waals surface area contributed by atoms with E-state index < -0.39 is 12.0 Å². The predicted molar refractivity (Wildman–Crippen MR) is 64.7 cm³/mol. The molecule has 0 spiro atoms. The SMILES string of the molecule is COc1c(CC(C)(C)N)cc(C)cc1C(F)F. The molecule has 0 radical (unpaired) electrons. The summed E-state index contributed by atoms with van der Waals surface area (Å²) >= 11 is 0. The summed E-state index contributed by atoms with van der Waals surface area (Å²) in [5, 5.41) is 0. The van der Waals surface area contributed by atoms with Gasteiger partial charge in [0.2, 0.25) is 0 Å².